The van der Waals surface area contributed by atoms with Crippen molar-refractivity contribution in [2.75, 3.05) is 12.4 Å². The molecule has 0 aliphatic heterocycles. The van der Waals surface area contributed by atoms with E-state index in [2.05, 4.69) is 21.9 Å². The van der Waals surface area contributed by atoms with Crippen LogP contribution in [0.15, 0.2) is 12.8 Å². The molecule has 0 atom stereocenters. The molecular weight excluding hydrogens is 138 g/mol. The van der Waals surface area contributed by atoms with Crippen molar-refractivity contribution in [1.82, 2.24) is 9.97 Å². The largest absolute Gasteiger partial charge is 0.371 e. The molecule has 0 radical (unpaired) electrons. The Balaban J connectivity index is 3.16. The van der Waals surface area contributed by atoms with Gasteiger partial charge in [0.15, 0.2) is 5.82 Å². The molecule has 1 N–H and O–H groups in total. The van der Waals surface area contributed by atoms with Gasteiger partial charge in [-0.3, -0.25) is 4.98 Å². The molecule has 1 heterocycles. The number of rotatable bonds is 2. The molecule has 58 valence electrons. The van der Waals surface area contributed by atoms with Gasteiger partial charge >= 0.3 is 0 Å². The summed E-state index contributed by atoms with van der Waals surface area (Å²) < 4.78 is 0. The van der Waals surface area contributed by atoms with E-state index in [0.717, 1.165) is 17.2 Å². The van der Waals surface area contributed by atoms with E-state index in [1.165, 1.54) is 0 Å². The molecule has 3 heteroatoms. The highest BCUT2D eigenvalue weighted by molar-refractivity contribution is 5.57. The number of hydrogen-bond acceptors (Lipinski definition) is 3. The van der Waals surface area contributed by atoms with Crippen molar-refractivity contribution in [3.05, 3.63) is 24.2 Å². The summed E-state index contributed by atoms with van der Waals surface area (Å²) in [6, 6.07) is 0. The van der Waals surface area contributed by atoms with E-state index in [1.54, 1.807) is 12.3 Å². The summed E-state index contributed by atoms with van der Waals surface area (Å²) in [6.45, 7) is 5.53. The molecule has 0 saturated carbocycles. The number of aryl methyl sites for hydroxylation is 1. The number of nitrogens with zero attached hydrogens (tertiary/aromatic N) is 2. The van der Waals surface area contributed by atoms with Crippen molar-refractivity contribution in [1.29, 1.82) is 0 Å². The number of anilines is 1. The Morgan fingerprint density at radius 1 is 1.64 bits per heavy atom. The first-order chi connectivity index (χ1) is 5.27. The van der Waals surface area contributed by atoms with Crippen LogP contribution in [0.4, 0.5) is 5.82 Å². The summed E-state index contributed by atoms with van der Waals surface area (Å²) in [5.74, 6) is 0.778. The summed E-state index contributed by atoms with van der Waals surface area (Å²) >= 11 is 0. The first-order valence-electron chi connectivity index (χ1n) is 3.41. The van der Waals surface area contributed by atoms with Crippen LogP contribution < -0.4 is 5.32 Å². The second kappa shape index (κ2) is 3.14. The minimum absolute atomic E-state index is 0.778. The topological polar surface area (TPSA) is 37.8 Å². The molecule has 0 aromatic carbocycles. The summed E-state index contributed by atoms with van der Waals surface area (Å²) in [6.07, 6.45) is 3.40. The molecule has 0 aliphatic rings. The minimum Gasteiger partial charge on any atom is -0.371 e. The minimum atomic E-state index is 0.778. The third kappa shape index (κ3) is 1.55. The zero-order valence-corrected chi connectivity index (χ0v) is 6.76. The third-order valence-corrected chi connectivity index (χ3v) is 1.35. The maximum Gasteiger partial charge on any atom is 0.151 e. The molecule has 0 unspecified atom stereocenters. The average Bonchev–Trinajstić information content (AvgIpc) is 2.04. The second-order valence-electron chi connectivity index (χ2n) is 2.20. The molecular formula is C8H11N3. The fourth-order valence-corrected chi connectivity index (χ4v) is 0.820. The van der Waals surface area contributed by atoms with E-state index in [9.17, 15) is 0 Å². The Morgan fingerprint density at radius 2 is 2.36 bits per heavy atom. The van der Waals surface area contributed by atoms with Gasteiger partial charge in [0.1, 0.15) is 5.69 Å². The molecule has 1 rings (SSSR count). The van der Waals surface area contributed by atoms with Crippen molar-refractivity contribution in [2.45, 2.75) is 6.92 Å². The van der Waals surface area contributed by atoms with Gasteiger partial charge in [-0.25, -0.2) is 4.98 Å². The number of nitrogens with one attached hydrogen (secondary N) is 1. The van der Waals surface area contributed by atoms with Crippen LogP contribution in [0.2, 0.25) is 0 Å². The lowest BCUT2D eigenvalue weighted by atomic mass is 10.4. The summed E-state index contributed by atoms with van der Waals surface area (Å²) in [4.78, 5) is 8.34. The van der Waals surface area contributed by atoms with E-state index in [4.69, 9.17) is 0 Å². The highest BCUT2D eigenvalue weighted by Gasteiger charge is 1.98. The summed E-state index contributed by atoms with van der Waals surface area (Å²) in [5, 5.41) is 2.94. The van der Waals surface area contributed by atoms with Gasteiger partial charge in [0.05, 0.1) is 5.69 Å². The predicted molar refractivity (Wildman–Crippen MR) is 46.4 cm³/mol. The molecule has 11 heavy (non-hydrogen) atoms. The van der Waals surface area contributed by atoms with Crippen molar-refractivity contribution < 1.29 is 0 Å². The van der Waals surface area contributed by atoms with Crippen LogP contribution >= 0.6 is 0 Å². The van der Waals surface area contributed by atoms with Crippen LogP contribution in [0.25, 0.3) is 6.08 Å². The Morgan fingerprint density at radius 3 is 2.91 bits per heavy atom. The van der Waals surface area contributed by atoms with Gasteiger partial charge < -0.3 is 5.32 Å². The number of aromatic nitrogens is 2. The highest BCUT2D eigenvalue weighted by Crippen LogP contribution is 2.09. The fraction of sp³-hybridized carbons (Fsp3) is 0.250. The predicted octanol–water partition coefficient (Wildman–Crippen LogP) is 1.47. The lowest BCUT2D eigenvalue weighted by Crippen LogP contribution is -1.98. The van der Waals surface area contributed by atoms with E-state index < -0.39 is 0 Å². The van der Waals surface area contributed by atoms with E-state index in [-0.39, 0.29) is 0 Å². The fourth-order valence-electron chi connectivity index (χ4n) is 0.820. The smallest absolute Gasteiger partial charge is 0.151 e. The lowest BCUT2D eigenvalue weighted by Gasteiger charge is -2.02. The van der Waals surface area contributed by atoms with Gasteiger partial charge in [0.25, 0.3) is 0 Å². The van der Waals surface area contributed by atoms with Crippen LogP contribution in [0.1, 0.15) is 11.4 Å². The summed E-state index contributed by atoms with van der Waals surface area (Å²) in [5.41, 5.74) is 1.69. The van der Waals surface area contributed by atoms with Gasteiger partial charge in [-0.15, -0.1) is 0 Å². The zero-order chi connectivity index (χ0) is 8.27. The van der Waals surface area contributed by atoms with Crippen LogP contribution in [0, 0.1) is 6.92 Å². The van der Waals surface area contributed by atoms with Gasteiger partial charge in [-0.1, -0.05) is 6.58 Å². The Labute approximate surface area is 66.2 Å². The van der Waals surface area contributed by atoms with E-state index >= 15 is 0 Å². The van der Waals surface area contributed by atoms with Crippen molar-refractivity contribution in [2.24, 2.45) is 0 Å². The first kappa shape index (κ1) is 7.72. The Bertz CT molecular complexity index is 268. The molecule has 0 saturated heterocycles. The number of hydrogen-bond donors (Lipinski definition) is 1. The maximum atomic E-state index is 4.22. The molecule has 0 aliphatic carbocycles. The third-order valence-electron chi connectivity index (χ3n) is 1.35. The van der Waals surface area contributed by atoms with E-state index in [0.29, 0.717) is 0 Å². The quantitative estimate of drug-likeness (QED) is 0.692. The molecule has 0 bridgehead atoms. The van der Waals surface area contributed by atoms with Gasteiger partial charge in [0.2, 0.25) is 0 Å². The van der Waals surface area contributed by atoms with Gasteiger partial charge in [0, 0.05) is 13.2 Å². The maximum absolute atomic E-state index is 4.22. The normalized spacial score (nSPS) is 9.27. The van der Waals surface area contributed by atoms with Crippen LogP contribution in [0.3, 0.4) is 0 Å². The lowest BCUT2D eigenvalue weighted by molar-refractivity contribution is 1.10. The average molecular weight is 149 g/mol. The molecule has 3 nitrogen and oxygen atoms in total. The van der Waals surface area contributed by atoms with Crippen molar-refractivity contribution >= 4 is 11.9 Å². The van der Waals surface area contributed by atoms with Crippen LogP contribution in [-0.2, 0) is 0 Å². The molecule has 0 spiro atoms. The summed E-state index contributed by atoms with van der Waals surface area (Å²) in [7, 11) is 1.82. The monoisotopic (exact) mass is 149 g/mol. The molecule has 0 fully saturated rings. The standard InChI is InChI=1S/C8H11N3/c1-4-7-8(9-3)11-6(2)5-10-7/h4-5H,1H2,2-3H3,(H,9,11). The second-order valence-corrected chi connectivity index (χ2v) is 2.20. The van der Waals surface area contributed by atoms with Gasteiger partial charge in [-0.05, 0) is 13.0 Å². The van der Waals surface area contributed by atoms with Crippen LogP contribution in [0.5, 0.6) is 0 Å². The first-order valence-corrected chi connectivity index (χ1v) is 3.41. The van der Waals surface area contributed by atoms with Crippen molar-refractivity contribution in [3.8, 4) is 0 Å². The van der Waals surface area contributed by atoms with Crippen molar-refractivity contribution in [3.63, 3.8) is 0 Å². The van der Waals surface area contributed by atoms with E-state index in [1.807, 2.05) is 14.0 Å². The van der Waals surface area contributed by atoms with Gasteiger partial charge in [-0.2, -0.15) is 0 Å². The molecule has 1 aromatic heterocycles. The Kier molecular flexibility index (Phi) is 2.21. The molecule has 0 amide bonds. The van der Waals surface area contributed by atoms with Crippen LogP contribution in [-0.4, -0.2) is 17.0 Å². The SMILES string of the molecule is C=Cc1ncc(C)nc1NC. The Hall–Kier alpha value is -1.38. The highest BCUT2D eigenvalue weighted by atomic mass is 15.0. The zero-order valence-electron chi connectivity index (χ0n) is 6.76. The molecule has 1 aromatic rings.